The van der Waals surface area contributed by atoms with Crippen LogP contribution in [0.4, 0.5) is 0 Å². The van der Waals surface area contributed by atoms with Crippen LogP contribution in [0.25, 0.3) is 0 Å². The molecule has 152 valence electrons. The lowest BCUT2D eigenvalue weighted by atomic mass is 9.73. The molecule has 0 unspecified atom stereocenters. The van der Waals surface area contributed by atoms with Crippen molar-refractivity contribution in [3.63, 3.8) is 0 Å². The molecule has 2 fully saturated rings. The number of nitriles is 1. The van der Waals surface area contributed by atoms with Crippen molar-refractivity contribution in [2.45, 2.75) is 69.4 Å². The normalized spacial score (nSPS) is 20.5. The fraction of sp³-hybridized carbons (Fsp3) is 0.636. The molecule has 1 saturated heterocycles. The zero-order chi connectivity index (χ0) is 20.4. The summed E-state index contributed by atoms with van der Waals surface area (Å²) in [6.07, 6.45) is 5.87. The molecule has 1 saturated carbocycles. The third kappa shape index (κ3) is 3.81. The summed E-state index contributed by atoms with van der Waals surface area (Å²) in [7, 11) is 1.63. The summed E-state index contributed by atoms with van der Waals surface area (Å²) < 4.78 is 11.7. The molecule has 0 atom stereocenters. The topological polar surface area (TPSA) is 82.8 Å². The molecular formula is C22H30N2O4. The quantitative estimate of drug-likeness (QED) is 0.802. The molecule has 0 aromatic heterocycles. The molecule has 1 aromatic carbocycles. The summed E-state index contributed by atoms with van der Waals surface area (Å²) in [4.78, 5) is 13.5. The number of benzene rings is 1. The molecule has 1 N–H and O–H groups in total. The second kappa shape index (κ2) is 8.00. The van der Waals surface area contributed by atoms with E-state index >= 15 is 0 Å². The number of ether oxygens (including phenoxy) is 2. The number of aliphatic carboxylic acids is 1. The average Bonchev–Trinajstić information content (AvgIpc) is 3.21. The van der Waals surface area contributed by atoms with Crippen LogP contribution in [-0.4, -0.2) is 47.8 Å². The molecule has 1 heterocycles. The van der Waals surface area contributed by atoms with Gasteiger partial charge in [-0.05, 0) is 70.1 Å². The molecule has 0 radical (unpaired) electrons. The predicted molar refractivity (Wildman–Crippen MR) is 106 cm³/mol. The van der Waals surface area contributed by atoms with Crippen LogP contribution in [0.2, 0.25) is 0 Å². The zero-order valence-corrected chi connectivity index (χ0v) is 17.0. The van der Waals surface area contributed by atoms with Crippen molar-refractivity contribution in [1.82, 2.24) is 4.90 Å². The largest absolute Gasteiger partial charge is 0.493 e. The van der Waals surface area contributed by atoms with E-state index in [9.17, 15) is 15.2 Å². The van der Waals surface area contributed by atoms with Crippen molar-refractivity contribution in [3.05, 3.63) is 23.8 Å². The van der Waals surface area contributed by atoms with Gasteiger partial charge in [0.15, 0.2) is 11.5 Å². The van der Waals surface area contributed by atoms with Crippen LogP contribution in [0, 0.1) is 11.3 Å². The van der Waals surface area contributed by atoms with Gasteiger partial charge in [0, 0.05) is 13.1 Å². The molecular weight excluding hydrogens is 356 g/mol. The van der Waals surface area contributed by atoms with Crippen LogP contribution in [0.5, 0.6) is 11.5 Å². The Kier molecular flexibility index (Phi) is 5.85. The molecule has 6 heteroatoms. The van der Waals surface area contributed by atoms with Crippen LogP contribution in [0.3, 0.4) is 0 Å². The number of nitrogens with zero attached hydrogens (tertiary/aromatic N) is 2. The second-order valence-electron chi connectivity index (χ2n) is 8.44. The number of carboxylic acid groups (broad SMARTS) is 1. The van der Waals surface area contributed by atoms with Crippen LogP contribution in [-0.2, 0) is 10.2 Å². The van der Waals surface area contributed by atoms with Gasteiger partial charge in [-0.25, -0.2) is 0 Å². The predicted octanol–water partition coefficient (Wildman–Crippen LogP) is 3.74. The maximum Gasteiger partial charge on any atom is 0.323 e. The first-order chi connectivity index (χ1) is 13.3. The number of carboxylic acids is 1. The Morgan fingerprint density at radius 2 is 1.89 bits per heavy atom. The third-order valence-electron chi connectivity index (χ3n) is 6.46. The number of likely N-dealkylation sites (tertiary alicyclic amines) is 1. The fourth-order valence-corrected chi connectivity index (χ4v) is 4.30. The van der Waals surface area contributed by atoms with Crippen molar-refractivity contribution >= 4 is 5.97 Å². The highest BCUT2D eigenvalue weighted by Crippen LogP contribution is 2.41. The molecule has 1 aliphatic heterocycles. The second-order valence-corrected chi connectivity index (χ2v) is 8.44. The van der Waals surface area contributed by atoms with E-state index in [4.69, 9.17) is 9.47 Å². The van der Waals surface area contributed by atoms with Gasteiger partial charge in [0.2, 0.25) is 0 Å². The minimum atomic E-state index is -0.932. The van der Waals surface area contributed by atoms with Crippen LogP contribution in [0.1, 0.15) is 57.9 Å². The Labute approximate surface area is 167 Å². The molecule has 0 bridgehead atoms. The Hall–Kier alpha value is -2.26. The van der Waals surface area contributed by atoms with Crippen LogP contribution < -0.4 is 9.47 Å². The van der Waals surface area contributed by atoms with Gasteiger partial charge in [0.05, 0.1) is 24.7 Å². The summed E-state index contributed by atoms with van der Waals surface area (Å²) in [5, 5.41) is 19.5. The van der Waals surface area contributed by atoms with Crippen molar-refractivity contribution < 1.29 is 19.4 Å². The van der Waals surface area contributed by atoms with Crippen LogP contribution >= 0.6 is 0 Å². The highest BCUT2D eigenvalue weighted by molar-refractivity contribution is 5.77. The molecule has 0 amide bonds. The van der Waals surface area contributed by atoms with E-state index in [-0.39, 0.29) is 6.10 Å². The Morgan fingerprint density at radius 1 is 1.25 bits per heavy atom. The first-order valence-corrected chi connectivity index (χ1v) is 10.1. The molecule has 0 spiro atoms. The van der Waals surface area contributed by atoms with Crippen molar-refractivity contribution in [3.8, 4) is 17.6 Å². The van der Waals surface area contributed by atoms with Gasteiger partial charge in [-0.3, -0.25) is 9.69 Å². The summed E-state index contributed by atoms with van der Waals surface area (Å²) in [6.45, 7) is 4.57. The Balaban J connectivity index is 1.83. The van der Waals surface area contributed by atoms with Gasteiger partial charge < -0.3 is 14.6 Å². The minimum Gasteiger partial charge on any atom is -0.493 e. The molecule has 28 heavy (non-hydrogen) atoms. The summed E-state index contributed by atoms with van der Waals surface area (Å²) >= 11 is 0. The lowest BCUT2D eigenvalue weighted by Crippen LogP contribution is -2.55. The first kappa shape index (κ1) is 20.5. The lowest BCUT2D eigenvalue weighted by molar-refractivity contribution is -0.150. The van der Waals surface area contributed by atoms with Crippen molar-refractivity contribution in [2.75, 3.05) is 20.2 Å². The number of rotatable bonds is 6. The summed E-state index contributed by atoms with van der Waals surface area (Å²) in [5.41, 5.74) is -0.639. The third-order valence-corrected chi connectivity index (χ3v) is 6.46. The molecule has 2 aliphatic rings. The van der Waals surface area contributed by atoms with E-state index in [1.807, 2.05) is 23.1 Å². The maximum absolute atomic E-state index is 11.6. The van der Waals surface area contributed by atoms with Gasteiger partial charge >= 0.3 is 5.97 Å². The van der Waals surface area contributed by atoms with Gasteiger partial charge in [-0.1, -0.05) is 6.07 Å². The van der Waals surface area contributed by atoms with Gasteiger partial charge in [0.1, 0.15) is 5.54 Å². The number of carbonyl (C=O) groups is 1. The van der Waals surface area contributed by atoms with E-state index in [2.05, 4.69) is 6.07 Å². The summed E-state index contributed by atoms with van der Waals surface area (Å²) in [5.74, 6) is 0.552. The van der Waals surface area contributed by atoms with E-state index in [1.54, 1.807) is 21.0 Å². The first-order valence-electron chi connectivity index (χ1n) is 10.1. The lowest BCUT2D eigenvalue weighted by Gasteiger charge is -2.43. The Bertz CT molecular complexity index is 754. The molecule has 1 aliphatic carbocycles. The number of piperidine rings is 1. The van der Waals surface area contributed by atoms with Crippen molar-refractivity contribution in [1.29, 1.82) is 5.26 Å². The van der Waals surface area contributed by atoms with Gasteiger partial charge in [0.25, 0.3) is 0 Å². The SMILES string of the molecule is COc1ccc(C2(C#N)CCN(C(C)(C)C(=O)O)CC2)cc1OC1CCCC1. The van der Waals surface area contributed by atoms with Gasteiger partial charge in [-0.15, -0.1) is 0 Å². The molecule has 3 rings (SSSR count). The minimum absolute atomic E-state index is 0.209. The number of methoxy groups -OCH3 is 1. The Morgan fingerprint density at radius 3 is 2.43 bits per heavy atom. The highest BCUT2D eigenvalue weighted by Gasteiger charge is 2.43. The fourth-order valence-electron chi connectivity index (χ4n) is 4.30. The highest BCUT2D eigenvalue weighted by atomic mass is 16.5. The smallest absolute Gasteiger partial charge is 0.323 e. The van der Waals surface area contributed by atoms with Crippen LogP contribution in [0.15, 0.2) is 18.2 Å². The standard InChI is InChI=1S/C22H30N2O4/c1-21(2,20(25)26)24-12-10-22(15-23,11-13-24)16-8-9-18(27-3)19(14-16)28-17-6-4-5-7-17/h8-9,14,17H,4-7,10-13H2,1-3H3,(H,25,26). The van der Waals surface area contributed by atoms with E-state index in [0.29, 0.717) is 37.4 Å². The summed E-state index contributed by atoms with van der Waals surface area (Å²) in [6, 6.07) is 8.31. The van der Waals surface area contributed by atoms with E-state index in [0.717, 1.165) is 18.4 Å². The maximum atomic E-state index is 11.6. The molecule has 1 aromatic rings. The van der Waals surface area contributed by atoms with E-state index < -0.39 is 16.9 Å². The van der Waals surface area contributed by atoms with Gasteiger partial charge in [-0.2, -0.15) is 5.26 Å². The zero-order valence-electron chi connectivity index (χ0n) is 17.0. The van der Waals surface area contributed by atoms with E-state index in [1.165, 1.54) is 12.8 Å². The van der Waals surface area contributed by atoms with Crippen molar-refractivity contribution in [2.24, 2.45) is 0 Å². The number of hydrogen-bond donors (Lipinski definition) is 1. The average molecular weight is 386 g/mol. The number of hydrogen-bond acceptors (Lipinski definition) is 5. The monoisotopic (exact) mass is 386 g/mol. The molecule has 6 nitrogen and oxygen atoms in total.